The van der Waals surface area contributed by atoms with Gasteiger partial charge in [0.15, 0.2) is 0 Å². The smallest absolute Gasteiger partial charge is 0.127 e. The number of anilines is 1. The molecule has 3 nitrogen and oxygen atoms in total. The lowest BCUT2D eigenvalue weighted by atomic mass is 10.3. The average Bonchev–Trinajstić information content (AvgIpc) is 2.06. The maximum Gasteiger partial charge on any atom is 0.127 e. The molecule has 0 aromatic carbocycles. The van der Waals surface area contributed by atoms with Crippen molar-refractivity contribution in [2.45, 2.75) is 6.54 Å². The molecule has 66 valence electrons. The summed E-state index contributed by atoms with van der Waals surface area (Å²) < 4.78 is 0. The highest BCUT2D eigenvalue weighted by Crippen LogP contribution is 2.06. The van der Waals surface area contributed by atoms with Crippen LogP contribution in [0.5, 0.6) is 0 Å². The van der Waals surface area contributed by atoms with Gasteiger partial charge in [0, 0.05) is 26.8 Å². The molecule has 0 spiro atoms. The van der Waals surface area contributed by atoms with Crippen LogP contribution in [0.25, 0.3) is 0 Å². The van der Waals surface area contributed by atoms with Crippen molar-refractivity contribution in [3.8, 4) is 0 Å². The molecule has 1 aromatic rings. The van der Waals surface area contributed by atoms with Crippen LogP contribution in [0.3, 0.4) is 0 Å². The van der Waals surface area contributed by atoms with Gasteiger partial charge >= 0.3 is 0 Å². The lowest BCUT2D eigenvalue weighted by molar-refractivity contribution is 0.812. The van der Waals surface area contributed by atoms with Crippen molar-refractivity contribution < 1.29 is 0 Å². The Hall–Kier alpha value is -1.09. The molecule has 0 atom stereocenters. The van der Waals surface area contributed by atoms with Crippen LogP contribution in [0.15, 0.2) is 18.3 Å². The van der Waals surface area contributed by atoms with Gasteiger partial charge in [0.1, 0.15) is 5.82 Å². The SMILES string of the molecule is CNCc1ccc(N(C)C)nc1. The summed E-state index contributed by atoms with van der Waals surface area (Å²) in [6.07, 6.45) is 1.89. The molecule has 0 bridgehead atoms. The Morgan fingerprint density at radius 1 is 1.42 bits per heavy atom. The number of nitrogens with one attached hydrogen (secondary N) is 1. The summed E-state index contributed by atoms with van der Waals surface area (Å²) >= 11 is 0. The first-order valence-electron chi connectivity index (χ1n) is 4.01. The normalized spacial score (nSPS) is 9.92. The molecule has 0 unspecified atom stereocenters. The van der Waals surface area contributed by atoms with Gasteiger partial charge in [-0.15, -0.1) is 0 Å². The van der Waals surface area contributed by atoms with Gasteiger partial charge in [-0.2, -0.15) is 0 Å². The number of aromatic nitrogens is 1. The molecule has 0 fully saturated rings. The van der Waals surface area contributed by atoms with E-state index in [1.54, 1.807) is 0 Å². The highest BCUT2D eigenvalue weighted by Gasteiger charge is 1.95. The van der Waals surface area contributed by atoms with Crippen LogP contribution in [0.4, 0.5) is 5.82 Å². The Bertz CT molecular complexity index is 228. The zero-order valence-corrected chi connectivity index (χ0v) is 7.83. The number of pyridine rings is 1. The standard InChI is InChI=1S/C9H15N3/c1-10-6-8-4-5-9(11-7-8)12(2)3/h4-5,7,10H,6H2,1-3H3. The molecule has 1 aromatic heterocycles. The Morgan fingerprint density at radius 3 is 2.58 bits per heavy atom. The van der Waals surface area contributed by atoms with Crippen LogP contribution in [0.2, 0.25) is 0 Å². The minimum Gasteiger partial charge on any atom is -0.363 e. The highest BCUT2D eigenvalue weighted by molar-refractivity contribution is 5.36. The Kier molecular flexibility index (Phi) is 3.05. The first kappa shape index (κ1) is 9.00. The molecule has 1 N–H and O–H groups in total. The van der Waals surface area contributed by atoms with Gasteiger partial charge in [-0.1, -0.05) is 6.07 Å². The fraction of sp³-hybridized carbons (Fsp3) is 0.444. The van der Waals surface area contributed by atoms with E-state index in [-0.39, 0.29) is 0 Å². The summed E-state index contributed by atoms with van der Waals surface area (Å²) in [6, 6.07) is 4.10. The first-order valence-corrected chi connectivity index (χ1v) is 4.01. The summed E-state index contributed by atoms with van der Waals surface area (Å²) in [5.74, 6) is 0.995. The van der Waals surface area contributed by atoms with Gasteiger partial charge in [-0.25, -0.2) is 4.98 Å². The topological polar surface area (TPSA) is 28.2 Å². The zero-order valence-electron chi connectivity index (χ0n) is 7.83. The van der Waals surface area contributed by atoms with Gasteiger partial charge in [-0.3, -0.25) is 0 Å². The number of hydrogen-bond acceptors (Lipinski definition) is 3. The van der Waals surface area contributed by atoms with Crippen molar-refractivity contribution in [3.05, 3.63) is 23.9 Å². The van der Waals surface area contributed by atoms with Gasteiger partial charge < -0.3 is 10.2 Å². The maximum atomic E-state index is 4.28. The fourth-order valence-electron chi connectivity index (χ4n) is 0.990. The molecule has 3 heteroatoms. The number of hydrogen-bond donors (Lipinski definition) is 1. The van der Waals surface area contributed by atoms with Crippen LogP contribution in [-0.2, 0) is 6.54 Å². The van der Waals surface area contributed by atoms with Gasteiger partial charge in [0.05, 0.1) is 0 Å². The Balaban J connectivity index is 2.71. The highest BCUT2D eigenvalue weighted by atomic mass is 15.1. The van der Waals surface area contributed by atoms with Crippen LogP contribution in [0.1, 0.15) is 5.56 Å². The van der Waals surface area contributed by atoms with Crippen molar-refractivity contribution in [1.29, 1.82) is 0 Å². The predicted molar refractivity (Wildman–Crippen MR) is 51.3 cm³/mol. The van der Waals surface area contributed by atoms with Crippen molar-refractivity contribution in [2.75, 3.05) is 26.0 Å². The average molecular weight is 165 g/mol. The van der Waals surface area contributed by atoms with Crippen molar-refractivity contribution >= 4 is 5.82 Å². The van der Waals surface area contributed by atoms with Crippen LogP contribution in [-0.4, -0.2) is 26.1 Å². The second-order valence-corrected chi connectivity index (χ2v) is 2.95. The third-order valence-corrected chi connectivity index (χ3v) is 1.65. The molecule has 0 aliphatic rings. The Labute approximate surface area is 73.4 Å². The van der Waals surface area contributed by atoms with E-state index in [0.29, 0.717) is 0 Å². The monoisotopic (exact) mass is 165 g/mol. The summed E-state index contributed by atoms with van der Waals surface area (Å²) in [5.41, 5.74) is 1.21. The van der Waals surface area contributed by atoms with Crippen molar-refractivity contribution in [3.63, 3.8) is 0 Å². The summed E-state index contributed by atoms with van der Waals surface area (Å²) in [4.78, 5) is 6.27. The largest absolute Gasteiger partial charge is 0.363 e. The quantitative estimate of drug-likeness (QED) is 0.720. The van der Waals surface area contributed by atoms with E-state index in [4.69, 9.17) is 0 Å². The molecule has 0 saturated heterocycles. The fourth-order valence-corrected chi connectivity index (χ4v) is 0.990. The second-order valence-electron chi connectivity index (χ2n) is 2.95. The summed E-state index contributed by atoms with van der Waals surface area (Å²) in [7, 11) is 5.90. The lowest BCUT2D eigenvalue weighted by Crippen LogP contribution is -2.11. The van der Waals surface area contributed by atoms with Crippen LogP contribution in [0, 0.1) is 0 Å². The number of rotatable bonds is 3. The molecule has 0 aliphatic carbocycles. The summed E-state index contributed by atoms with van der Waals surface area (Å²) in [5, 5.41) is 3.08. The third kappa shape index (κ3) is 2.20. The van der Waals surface area contributed by atoms with E-state index in [1.165, 1.54) is 5.56 Å². The minimum absolute atomic E-state index is 0.876. The Morgan fingerprint density at radius 2 is 2.17 bits per heavy atom. The molecular weight excluding hydrogens is 150 g/mol. The second kappa shape index (κ2) is 4.07. The molecule has 0 aliphatic heterocycles. The van der Waals surface area contributed by atoms with Crippen LogP contribution < -0.4 is 10.2 Å². The molecule has 1 rings (SSSR count). The molecule has 0 radical (unpaired) electrons. The van der Waals surface area contributed by atoms with E-state index in [2.05, 4.69) is 16.4 Å². The van der Waals surface area contributed by atoms with E-state index in [0.717, 1.165) is 12.4 Å². The van der Waals surface area contributed by atoms with Crippen molar-refractivity contribution in [2.24, 2.45) is 0 Å². The van der Waals surface area contributed by atoms with E-state index >= 15 is 0 Å². The van der Waals surface area contributed by atoms with E-state index < -0.39 is 0 Å². The molecule has 0 amide bonds. The van der Waals surface area contributed by atoms with E-state index in [9.17, 15) is 0 Å². The molecule has 12 heavy (non-hydrogen) atoms. The zero-order chi connectivity index (χ0) is 8.97. The predicted octanol–water partition coefficient (Wildman–Crippen LogP) is 0.867. The van der Waals surface area contributed by atoms with Gasteiger partial charge in [-0.05, 0) is 18.7 Å². The summed E-state index contributed by atoms with van der Waals surface area (Å²) in [6.45, 7) is 0.876. The van der Waals surface area contributed by atoms with Crippen LogP contribution >= 0.6 is 0 Å². The first-order chi connectivity index (χ1) is 5.74. The third-order valence-electron chi connectivity index (χ3n) is 1.65. The lowest BCUT2D eigenvalue weighted by Gasteiger charge is -2.10. The molecule has 1 heterocycles. The van der Waals surface area contributed by atoms with Gasteiger partial charge in [0.2, 0.25) is 0 Å². The molecule has 0 saturated carbocycles. The van der Waals surface area contributed by atoms with E-state index in [1.807, 2.05) is 38.3 Å². The minimum atomic E-state index is 0.876. The number of nitrogens with zero attached hydrogens (tertiary/aromatic N) is 2. The van der Waals surface area contributed by atoms with Crippen molar-refractivity contribution in [1.82, 2.24) is 10.3 Å². The molecular formula is C9H15N3. The maximum absolute atomic E-state index is 4.28. The van der Waals surface area contributed by atoms with Gasteiger partial charge in [0.25, 0.3) is 0 Å².